The van der Waals surface area contributed by atoms with Crippen molar-refractivity contribution in [3.63, 3.8) is 0 Å². The van der Waals surface area contributed by atoms with Gasteiger partial charge in [0, 0.05) is 13.1 Å². The SMILES string of the molecule is CC(NC(=O)N1CCC(C(=O)O)C1)c1ccsc1. The number of thiophene rings is 1. The van der Waals surface area contributed by atoms with Crippen molar-refractivity contribution in [2.24, 2.45) is 5.92 Å². The summed E-state index contributed by atoms with van der Waals surface area (Å²) < 4.78 is 0. The summed E-state index contributed by atoms with van der Waals surface area (Å²) in [5, 5.41) is 15.7. The summed E-state index contributed by atoms with van der Waals surface area (Å²) >= 11 is 1.59. The summed E-state index contributed by atoms with van der Waals surface area (Å²) in [5.41, 5.74) is 1.07. The number of amides is 2. The second-order valence-electron chi connectivity index (χ2n) is 4.50. The van der Waals surface area contributed by atoms with Gasteiger partial charge in [-0.2, -0.15) is 11.3 Å². The summed E-state index contributed by atoms with van der Waals surface area (Å²) in [6.45, 7) is 2.74. The number of carboxylic acid groups (broad SMARTS) is 1. The summed E-state index contributed by atoms with van der Waals surface area (Å²) in [5.74, 6) is -1.25. The zero-order valence-corrected chi connectivity index (χ0v) is 10.9. The summed E-state index contributed by atoms with van der Waals surface area (Å²) in [6.07, 6.45) is 0.537. The number of likely N-dealkylation sites (tertiary alicyclic amines) is 1. The molecule has 0 bridgehead atoms. The highest BCUT2D eigenvalue weighted by molar-refractivity contribution is 7.07. The first kappa shape index (κ1) is 12.9. The Kier molecular flexibility index (Phi) is 3.86. The number of carbonyl (C=O) groups is 2. The van der Waals surface area contributed by atoms with E-state index in [0.717, 1.165) is 5.56 Å². The molecular formula is C12H16N2O3S. The largest absolute Gasteiger partial charge is 0.481 e. The molecular weight excluding hydrogens is 252 g/mol. The summed E-state index contributed by atoms with van der Waals surface area (Å²) in [4.78, 5) is 24.3. The van der Waals surface area contributed by atoms with E-state index in [2.05, 4.69) is 5.32 Å². The lowest BCUT2D eigenvalue weighted by Gasteiger charge is -2.20. The van der Waals surface area contributed by atoms with E-state index in [-0.39, 0.29) is 12.1 Å². The van der Waals surface area contributed by atoms with Crippen molar-refractivity contribution in [2.75, 3.05) is 13.1 Å². The first-order valence-corrected chi connectivity index (χ1v) is 6.82. The predicted molar refractivity (Wildman–Crippen MR) is 68.6 cm³/mol. The Labute approximate surface area is 109 Å². The Bertz CT molecular complexity index is 433. The topological polar surface area (TPSA) is 69.6 Å². The second kappa shape index (κ2) is 5.39. The maximum atomic E-state index is 11.9. The van der Waals surface area contributed by atoms with Crippen LogP contribution in [0.1, 0.15) is 24.9 Å². The molecule has 5 nitrogen and oxygen atoms in total. The Morgan fingerprint density at radius 1 is 1.61 bits per heavy atom. The van der Waals surface area contributed by atoms with Crippen LogP contribution in [0.5, 0.6) is 0 Å². The monoisotopic (exact) mass is 268 g/mol. The zero-order chi connectivity index (χ0) is 13.1. The Morgan fingerprint density at radius 2 is 2.39 bits per heavy atom. The molecule has 0 spiro atoms. The van der Waals surface area contributed by atoms with E-state index in [1.165, 1.54) is 0 Å². The van der Waals surface area contributed by atoms with Gasteiger partial charge in [0.05, 0.1) is 12.0 Å². The molecule has 6 heteroatoms. The molecule has 0 aliphatic carbocycles. The molecule has 1 fully saturated rings. The molecule has 1 aromatic heterocycles. The van der Waals surface area contributed by atoms with Crippen molar-refractivity contribution in [1.82, 2.24) is 10.2 Å². The van der Waals surface area contributed by atoms with E-state index in [0.29, 0.717) is 19.5 Å². The highest BCUT2D eigenvalue weighted by Crippen LogP contribution is 2.19. The lowest BCUT2D eigenvalue weighted by atomic mass is 10.1. The maximum Gasteiger partial charge on any atom is 0.317 e. The van der Waals surface area contributed by atoms with E-state index < -0.39 is 11.9 Å². The van der Waals surface area contributed by atoms with Gasteiger partial charge in [0.1, 0.15) is 0 Å². The number of hydrogen-bond acceptors (Lipinski definition) is 3. The zero-order valence-electron chi connectivity index (χ0n) is 10.1. The van der Waals surface area contributed by atoms with E-state index in [9.17, 15) is 9.59 Å². The lowest BCUT2D eigenvalue weighted by Crippen LogP contribution is -2.40. The average Bonchev–Trinajstić information content (AvgIpc) is 3.00. The molecule has 1 aromatic rings. The Morgan fingerprint density at radius 3 is 2.94 bits per heavy atom. The van der Waals surface area contributed by atoms with Gasteiger partial charge in [-0.25, -0.2) is 4.79 Å². The highest BCUT2D eigenvalue weighted by Gasteiger charge is 2.31. The van der Waals surface area contributed by atoms with Crippen molar-refractivity contribution < 1.29 is 14.7 Å². The average molecular weight is 268 g/mol. The molecule has 0 aromatic carbocycles. The molecule has 1 saturated heterocycles. The van der Waals surface area contributed by atoms with Crippen LogP contribution in [0, 0.1) is 5.92 Å². The van der Waals surface area contributed by atoms with E-state index in [1.54, 1.807) is 16.2 Å². The van der Waals surface area contributed by atoms with Gasteiger partial charge in [0.2, 0.25) is 0 Å². The third-order valence-electron chi connectivity index (χ3n) is 3.21. The lowest BCUT2D eigenvalue weighted by molar-refractivity contribution is -0.141. The fourth-order valence-electron chi connectivity index (χ4n) is 2.03. The molecule has 1 aliphatic heterocycles. The quantitative estimate of drug-likeness (QED) is 0.880. The van der Waals surface area contributed by atoms with Crippen LogP contribution in [-0.4, -0.2) is 35.1 Å². The number of carbonyl (C=O) groups excluding carboxylic acids is 1. The molecule has 2 amide bonds. The van der Waals surface area contributed by atoms with Gasteiger partial charge in [-0.1, -0.05) is 0 Å². The van der Waals surface area contributed by atoms with Crippen LogP contribution in [0.15, 0.2) is 16.8 Å². The maximum absolute atomic E-state index is 11.9. The van der Waals surface area contributed by atoms with Crippen molar-refractivity contribution in [2.45, 2.75) is 19.4 Å². The molecule has 0 saturated carbocycles. The van der Waals surface area contributed by atoms with Gasteiger partial charge >= 0.3 is 12.0 Å². The molecule has 2 unspecified atom stereocenters. The summed E-state index contributed by atoms with van der Waals surface area (Å²) in [7, 11) is 0. The third-order valence-corrected chi connectivity index (χ3v) is 3.91. The van der Waals surface area contributed by atoms with Gasteiger partial charge in [0.15, 0.2) is 0 Å². The molecule has 2 rings (SSSR count). The van der Waals surface area contributed by atoms with E-state index in [4.69, 9.17) is 5.11 Å². The third kappa shape index (κ3) is 2.81. The molecule has 1 aliphatic rings. The molecule has 0 radical (unpaired) electrons. The Hall–Kier alpha value is -1.56. The number of nitrogens with one attached hydrogen (secondary N) is 1. The molecule has 2 N–H and O–H groups in total. The minimum Gasteiger partial charge on any atom is -0.481 e. The minimum atomic E-state index is -0.823. The normalized spacial score (nSPS) is 20.7. The van der Waals surface area contributed by atoms with Crippen molar-refractivity contribution in [3.05, 3.63) is 22.4 Å². The van der Waals surface area contributed by atoms with E-state index in [1.807, 2.05) is 23.8 Å². The predicted octanol–water partition coefficient (Wildman–Crippen LogP) is 1.93. The summed E-state index contributed by atoms with van der Waals surface area (Å²) in [6, 6.07) is 1.74. The number of nitrogens with zero attached hydrogens (tertiary/aromatic N) is 1. The van der Waals surface area contributed by atoms with Crippen molar-refractivity contribution in [1.29, 1.82) is 0 Å². The van der Waals surface area contributed by atoms with Crippen LogP contribution >= 0.6 is 11.3 Å². The molecule has 2 atom stereocenters. The number of urea groups is 1. The van der Waals surface area contributed by atoms with Gasteiger partial charge in [0.25, 0.3) is 0 Å². The van der Waals surface area contributed by atoms with Gasteiger partial charge < -0.3 is 15.3 Å². The van der Waals surface area contributed by atoms with Crippen molar-refractivity contribution in [3.8, 4) is 0 Å². The van der Waals surface area contributed by atoms with E-state index >= 15 is 0 Å². The number of carboxylic acids is 1. The number of rotatable bonds is 3. The smallest absolute Gasteiger partial charge is 0.317 e. The van der Waals surface area contributed by atoms with Crippen LogP contribution in [-0.2, 0) is 4.79 Å². The van der Waals surface area contributed by atoms with Crippen LogP contribution in [0.2, 0.25) is 0 Å². The van der Waals surface area contributed by atoms with Crippen LogP contribution in [0.4, 0.5) is 4.79 Å². The fraction of sp³-hybridized carbons (Fsp3) is 0.500. The minimum absolute atomic E-state index is 0.0485. The van der Waals surface area contributed by atoms with Crippen LogP contribution in [0.25, 0.3) is 0 Å². The van der Waals surface area contributed by atoms with Crippen LogP contribution < -0.4 is 5.32 Å². The molecule has 2 heterocycles. The number of aliphatic carboxylic acids is 1. The standard InChI is InChI=1S/C12H16N2O3S/c1-8(10-3-5-18-7-10)13-12(17)14-4-2-9(6-14)11(15)16/h3,5,7-9H,2,4,6H2,1H3,(H,13,17)(H,15,16). The first-order valence-electron chi connectivity index (χ1n) is 5.88. The van der Waals surface area contributed by atoms with Crippen LogP contribution in [0.3, 0.4) is 0 Å². The second-order valence-corrected chi connectivity index (χ2v) is 5.28. The van der Waals surface area contributed by atoms with Gasteiger partial charge in [-0.3, -0.25) is 4.79 Å². The molecule has 98 valence electrons. The first-order chi connectivity index (χ1) is 8.58. The van der Waals surface area contributed by atoms with Crippen molar-refractivity contribution >= 4 is 23.3 Å². The Balaban J connectivity index is 1.87. The van der Waals surface area contributed by atoms with Gasteiger partial charge in [-0.05, 0) is 35.7 Å². The number of hydrogen-bond donors (Lipinski definition) is 2. The fourth-order valence-corrected chi connectivity index (χ4v) is 2.78. The highest BCUT2D eigenvalue weighted by atomic mass is 32.1. The molecule has 18 heavy (non-hydrogen) atoms. The van der Waals surface area contributed by atoms with Gasteiger partial charge in [-0.15, -0.1) is 0 Å².